The second-order valence-electron chi connectivity index (χ2n) is 5.24. The van der Waals surface area contributed by atoms with Gasteiger partial charge in [0.25, 0.3) is 0 Å². The van der Waals surface area contributed by atoms with Gasteiger partial charge in [-0.05, 0) is 32.6 Å². The van der Waals surface area contributed by atoms with Gasteiger partial charge in [-0.15, -0.1) is 6.58 Å². The molecule has 2 heteroatoms. The van der Waals surface area contributed by atoms with Crippen molar-refractivity contribution in [1.29, 1.82) is 0 Å². The predicted octanol–water partition coefficient (Wildman–Crippen LogP) is 5.49. The molecule has 0 aliphatic rings. The smallest absolute Gasteiger partial charge is 0.330 e. The van der Waals surface area contributed by atoms with Crippen LogP contribution in [0.5, 0.6) is 0 Å². The minimum Gasteiger partial charge on any atom is -0.478 e. The fraction of sp³-hybridized carbons (Fsp3) is 0.706. The Bertz CT molecular complexity index is 266. The molecule has 0 radical (unpaired) electrons. The van der Waals surface area contributed by atoms with E-state index in [4.69, 9.17) is 5.11 Å². The lowest BCUT2D eigenvalue weighted by molar-refractivity contribution is -0.132. The number of hydrogen-bond acceptors (Lipinski definition) is 1. The van der Waals surface area contributed by atoms with E-state index in [0.29, 0.717) is 5.57 Å². The van der Waals surface area contributed by atoms with E-state index in [-0.39, 0.29) is 0 Å². The molecule has 1 N–H and O–H groups in total. The van der Waals surface area contributed by atoms with Crippen LogP contribution in [0.15, 0.2) is 24.3 Å². The van der Waals surface area contributed by atoms with Crippen molar-refractivity contribution in [2.75, 3.05) is 0 Å². The van der Waals surface area contributed by atoms with Crippen LogP contribution >= 0.6 is 0 Å². The predicted molar refractivity (Wildman–Crippen MR) is 82.4 cm³/mol. The van der Waals surface area contributed by atoms with Crippen LogP contribution in [-0.2, 0) is 4.79 Å². The highest BCUT2D eigenvalue weighted by atomic mass is 16.4. The number of rotatable bonds is 13. The second kappa shape index (κ2) is 13.4. The third kappa shape index (κ3) is 13.2. The molecule has 0 saturated heterocycles. The van der Waals surface area contributed by atoms with Gasteiger partial charge in [0.1, 0.15) is 0 Å². The molecular weight excluding hydrogens is 236 g/mol. The van der Waals surface area contributed by atoms with Crippen LogP contribution in [0, 0.1) is 0 Å². The Kier molecular flexibility index (Phi) is 12.6. The first-order valence-electron chi connectivity index (χ1n) is 7.69. The SMILES string of the molecule is C=CCCCCCCCCCCCC=C(C)C(=O)O. The van der Waals surface area contributed by atoms with Crippen molar-refractivity contribution in [2.45, 2.75) is 77.6 Å². The first-order valence-corrected chi connectivity index (χ1v) is 7.69. The third-order valence-electron chi connectivity index (χ3n) is 3.40. The minimum atomic E-state index is -0.795. The van der Waals surface area contributed by atoms with Crippen molar-refractivity contribution in [3.05, 3.63) is 24.3 Å². The molecule has 0 aromatic carbocycles. The summed E-state index contributed by atoms with van der Waals surface area (Å²) in [5.41, 5.74) is 0.472. The van der Waals surface area contributed by atoms with Gasteiger partial charge in [-0.2, -0.15) is 0 Å². The lowest BCUT2D eigenvalue weighted by Crippen LogP contribution is -1.95. The topological polar surface area (TPSA) is 37.3 Å². The van der Waals surface area contributed by atoms with Crippen LogP contribution in [0.25, 0.3) is 0 Å². The molecule has 0 atom stereocenters. The second-order valence-corrected chi connectivity index (χ2v) is 5.24. The Morgan fingerprint density at radius 2 is 1.32 bits per heavy atom. The summed E-state index contributed by atoms with van der Waals surface area (Å²) in [5.74, 6) is -0.795. The van der Waals surface area contributed by atoms with Crippen molar-refractivity contribution in [3.63, 3.8) is 0 Å². The van der Waals surface area contributed by atoms with Gasteiger partial charge in [0.2, 0.25) is 0 Å². The number of carboxylic acids is 1. The van der Waals surface area contributed by atoms with Crippen molar-refractivity contribution >= 4 is 5.97 Å². The maximum Gasteiger partial charge on any atom is 0.330 e. The maximum absolute atomic E-state index is 10.6. The van der Waals surface area contributed by atoms with Gasteiger partial charge >= 0.3 is 5.97 Å². The van der Waals surface area contributed by atoms with Gasteiger partial charge in [0.05, 0.1) is 0 Å². The summed E-state index contributed by atoms with van der Waals surface area (Å²) < 4.78 is 0. The lowest BCUT2D eigenvalue weighted by Gasteiger charge is -2.01. The van der Waals surface area contributed by atoms with Crippen LogP contribution in [0.4, 0.5) is 0 Å². The molecule has 0 aliphatic heterocycles. The Hall–Kier alpha value is -1.05. The Morgan fingerprint density at radius 3 is 1.74 bits per heavy atom. The average molecular weight is 266 g/mol. The summed E-state index contributed by atoms with van der Waals surface area (Å²) in [6.07, 6.45) is 17.5. The normalized spacial score (nSPS) is 11.5. The van der Waals surface area contributed by atoms with Crippen LogP contribution in [0.1, 0.15) is 77.6 Å². The van der Waals surface area contributed by atoms with Gasteiger partial charge < -0.3 is 5.11 Å². The molecule has 0 aromatic rings. The molecule has 0 spiro atoms. The van der Waals surface area contributed by atoms with E-state index >= 15 is 0 Å². The van der Waals surface area contributed by atoms with Crippen LogP contribution in [0.3, 0.4) is 0 Å². The molecule has 19 heavy (non-hydrogen) atoms. The molecule has 0 amide bonds. The Labute approximate surface area is 118 Å². The number of carboxylic acid groups (broad SMARTS) is 1. The van der Waals surface area contributed by atoms with Crippen molar-refractivity contribution in [1.82, 2.24) is 0 Å². The summed E-state index contributed by atoms with van der Waals surface area (Å²) in [4.78, 5) is 10.6. The molecule has 0 saturated carbocycles. The number of carbonyl (C=O) groups is 1. The van der Waals surface area contributed by atoms with Crippen molar-refractivity contribution in [3.8, 4) is 0 Å². The highest BCUT2D eigenvalue weighted by Gasteiger charge is 1.97. The fourth-order valence-corrected chi connectivity index (χ4v) is 2.08. The van der Waals surface area contributed by atoms with E-state index in [1.807, 2.05) is 12.2 Å². The summed E-state index contributed by atoms with van der Waals surface area (Å²) in [7, 11) is 0. The first-order chi connectivity index (χ1) is 9.18. The molecule has 110 valence electrons. The van der Waals surface area contributed by atoms with Crippen LogP contribution in [0.2, 0.25) is 0 Å². The van der Waals surface area contributed by atoms with Crippen LogP contribution < -0.4 is 0 Å². The molecule has 0 bridgehead atoms. The summed E-state index contributed by atoms with van der Waals surface area (Å²) in [6, 6.07) is 0. The molecule has 0 unspecified atom stereocenters. The fourth-order valence-electron chi connectivity index (χ4n) is 2.08. The van der Waals surface area contributed by atoms with Gasteiger partial charge in [0, 0.05) is 5.57 Å². The molecule has 2 nitrogen and oxygen atoms in total. The van der Waals surface area contributed by atoms with Gasteiger partial charge in [-0.3, -0.25) is 0 Å². The molecule has 0 heterocycles. The molecule has 0 aliphatic carbocycles. The molecular formula is C17H30O2. The van der Waals surface area contributed by atoms with E-state index in [2.05, 4.69) is 6.58 Å². The maximum atomic E-state index is 10.6. The van der Waals surface area contributed by atoms with Gasteiger partial charge in [-0.1, -0.05) is 57.1 Å². The third-order valence-corrected chi connectivity index (χ3v) is 3.40. The van der Waals surface area contributed by atoms with E-state index in [1.165, 1.54) is 51.4 Å². The van der Waals surface area contributed by atoms with Gasteiger partial charge in [-0.25, -0.2) is 4.79 Å². The summed E-state index contributed by atoms with van der Waals surface area (Å²) in [5, 5.41) is 8.69. The zero-order valence-corrected chi connectivity index (χ0v) is 12.5. The average Bonchev–Trinajstić information content (AvgIpc) is 2.39. The number of unbranched alkanes of at least 4 members (excludes halogenated alkanes) is 10. The van der Waals surface area contributed by atoms with E-state index < -0.39 is 5.97 Å². The quantitative estimate of drug-likeness (QED) is 0.272. The summed E-state index contributed by atoms with van der Waals surface area (Å²) in [6.45, 7) is 5.39. The van der Waals surface area contributed by atoms with Crippen LogP contribution in [-0.4, -0.2) is 11.1 Å². The number of hydrogen-bond donors (Lipinski definition) is 1. The Morgan fingerprint density at radius 1 is 0.895 bits per heavy atom. The van der Waals surface area contributed by atoms with E-state index in [1.54, 1.807) is 6.92 Å². The highest BCUT2D eigenvalue weighted by Crippen LogP contribution is 2.12. The van der Waals surface area contributed by atoms with E-state index in [0.717, 1.165) is 19.3 Å². The standard InChI is InChI=1S/C17H30O2/c1-3-4-5-6-7-8-9-10-11-12-13-14-15-16(2)17(18)19/h3,15H,1,4-14H2,2H3,(H,18,19). The van der Waals surface area contributed by atoms with Gasteiger partial charge in [0.15, 0.2) is 0 Å². The zero-order chi connectivity index (χ0) is 14.3. The molecule has 0 rings (SSSR count). The monoisotopic (exact) mass is 266 g/mol. The first kappa shape index (κ1) is 17.9. The van der Waals surface area contributed by atoms with E-state index in [9.17, 15) is 4.79 Å². The Balaban J connectivity index is 3.17. The highest BCUT2D eigenvalue weighted by molar-refractivity contribution is 5.85. The summed E-state index contributed by atoms with van der Waals surface area (Å²) >= 11 is 0. The minimum absolute atomic E-state index is 0.472. The van der Waals surface area contributed by atoms with Crippen molar-refractivity contribution in [2.24, 2.45) is 0 Å². The molecule has 0 fully saturated rings. The zero-order valence-electron chi connectivity index (χ0n) is 12.5. The molecule has 0 aromatic heterocycles. The van der Waals surface area contributed by atoms with Crippen molar-refractivity contribution < 1.29 is 9.90 Å². The lowest BCUT2D eigenvalue weighted by atomic mass is 10.1. The number of allylic oxidation sites excluding steroid dienone is 2. The number of aliphatic carboxylic acids is 1. The largest absolute Gasteiger partial charge is 0.478 e.